The number of hydrogen-bond acceptors (Lipinski definition) is 8. The van der Waals surface area contributed by atoms with Crippen molar-refractivity contribution in [3.05, 3.63) is 66.4 Å². The Balaban J connectivity index is 1.51. The van der Waals surface area contributed by atoms with Gasteiger partial charge in [-0.25, -0.2) is 36.5 Å². The molecule has 216 valence electrons. The third kappa shape index (κ3) is 6.02. The average Bonchev–Trinajstić information content (AvgIpc) is 3.32. The summed E-state index contributed by atoms with van der Waals surface area (Å²) in [6, 6.07) is 9.12. The number of carbonyl (C=O) groups excluding carboxylic acids is 1. The van der Waals surface area contributed by atoms with Crippen molar-refractivity contribution in [3.63, 3.8) is 0 Å². The predicted octanol–water partition coefficient (Wildman–Crippen LogP) is 5.24. The monoisotopic (exact) mass is 580 g/mol. The lowest BCUT2D eigenvalue weighted by Gasteiger charge is -2.34. The van der Waals surface area contributed by atoms with Crippen LogP contribution in [0.1, 0.15) is 46.1 Å². The summed E-state index contributed by atoms with van der Waals surface area (Å²) < 4.78 is 48.0. The van der Waals surface area contributed by atoms with E-state index in [0.717, 1.165) is 28.6 Å². The number of hydrogen-bond donors (Lipinski definition) is 1. The molecule has 1 fully saturated rings. The molecule has 0 unspecified atom stereocenters. The summed E-state index contributed by atoms with van der Waals surface area (Å²) in [6.45, 7) is 8.55. The molecular formula is C29H33FN6O4S. The smallest absolute Gasteiger partial charge is 0.410 e. The van der Waals surface area contributed by atoms with Gasteiger partial charge in [0.15, 0.2) is 11.5 Å². The van der Waals surface area contributed by atoms with E-state index in [0.29, 0.717) is 30.9 Å². The van der Waals surface area contributed by atoms with Gasteiger partial charge < -0.3 is 15.0 Å². The highest BCUT2D eigenvalue weighted by Crippen LogP contribution is 2.32. The number of benzene rings is 1. The molecule has 12 heteroatoms. The lowest BCUT2D eigenvalue weighted by atomic mass is 10.1. The van der Waals surface area contributed by atoms with Crippen molar-refractivity contribution >= 4 is 33.0 Å². The van der Waals surface area contributed by atoms with Crippen LogP contribution in [0, 0.1) is 5.82 Å². The van der Waals surface area contributed by atoms with Gasteiger partial charge in [0.1, 0.15) is 17.2 Å². The van der Waals surface area contributed by atoms with Gasteiger partial charge in [-0.15, -0.1) is 0 Å². The summed E-state index contributed by atoms with van der Waals surface area (Å²) >= 11 is 0. The first-order valence-corrected chi connectivity index (χ1v) is 15.0. The molecule has 0 bridgehead atoms. The molecule has 3 aromatic heterocycles. The SMILES string of the molecule is CCc1cnc(-c2cn(S(=O)(=O)c3ccccc3)c3ncc(F)cc23)nc1N[C@H]1CCCN(C(=O)OC(C)(C)C)C1. The fraction of sp³-hybridized carbons (Fsp3) is 0.379. The second-order valence-corrected chi connectivity index (χ2v) is 12.8. The zero-order valence-electron chi connectivity index (χ0n) is 23.5. The minimum atomic E-state index is -4.03. The van der Waals surface area contributed by atoms with Gasteiger partial charge in [0.25, 0.3) is 10.0 Å². The molecular weight excluding hydrogens is 547 g/mol. The second-order valence-electron chi connectivity index (χ2n) is 11.0. The number of aryl methyl sites for hydroxylation is 1. The van der Waals surface area contributed by atoms with Gasteiger partial charge in [-0.05, 0) is 58.2 Å². The Morgan fingerprint density at radius 2 is 1.93 bits per heavy atom. The Morgan fingerprint density at radius 1 is 1.17 bits per heavy atom. The normalized spacial score (nSPS) is 16.1. The Labute approximate surface area is 238 Å². The minimum absolute atomic E-state index is 0.0724. The van der Waals surface area contributed by atoms with Gasteiger partial charge in [0, 0.05) is 48.0 Å². The molecule has 5 rings (SSSR count). The van der Waals surface area contributed by atoms with Gasteiger partial charge in [0.2, 0.25) is 0 Å². The summed E-state index contributed by atoms with van der Waals surface area (Å²) in [7, 11) is -4.03. The van der Waals surface area contributed by atoms with Crippen LogP contribution in [0.4, 0.5) is 15.0 Å². The highest BCUT2D eigenvalue weighted by Gasteiger charge is 2.29. The fourth-order valence-corrected chi connectivity index (χ4v) is 6.17. The van der Waals surface area contributed by atoms with Crippen LogP contribution in [-0.2, 0) is 21.2 Å². The van der Waals surface area contributed by atoms with Crippen LogP contribution >= 0.6 is 0 Å². The van der Waals surface area contributed by atoms with E-state index < -0.39 is 21.4 Å². The molecule has 41 heavy (non-hydrogen) atoms. The summed E-state index contributed by atoms with van der Waals surface area (Å²) in [4.78, 5) is 27.8. The zero-order valence-corrected chi connectivity index (χ0v) is 24.3. The van der Waals surface area contributed by atoms with Crippen LogP contribution in [0.5, 0.6) is 0 Å². The molecule has 1 atom stereocenters. The number of amides is 1. The lowest BCUT2D eigenvalue weighted by molar-refractivity contribution is 0.0206. The largest absolute Gasteiger partial charge is 0.444 e. The maximum Gasteiger partial charge on any atom is 0.410 e. The van der Waals surface area contributed by atoms with E-state index in [2.05, 4.69) is 15.3 Å². The lowest BCUT2D eigenvalue weighted by Crippen LogP contribution is -2.47. The van der Waals surface area contributed by atoms with Gasteiger partial charge in [-0.2, -0.15) is 0 Å². The topological polar surface area (TPSA) is 119 Å². The first kappa shape index (κ1) is 28.5. The van der Waals surface area contributed by atoms with Crippen molar-refractivity contribution in [2.45, 2.75) is 63.5 Å². The Morgan fingerprint density at radius 3 is 2.63 bits per heavy atom. The van der Waals surface area contributed by atoms with Crippen LogP contribution < -0.4 is 5.32 Å². The summed E-state index contributed by atoms with van der Waals surface area (Å²) in [5.41, 5.74) is 0.670. The van der Waals surface area contributed by atoms with E-state index in [1.54, 1.807) is 29.3 Å². The number of nitrogens with one attached hydrogen (secondary N) is 1. The highest BCUT2D eigenvalue weighted by molar-refractivity contribution is 7.90. The number of likely N-dealkylation sites (tertiary alicyclic amines) is 1. The molecule has 4 aromatic rings. The molecule has 1 aliphatic heterocycles. The second kappa shape index (κ2) is 11.1. The van der Waals surface area contributed by atoms with Crippen molar-refractivity contribution in [2.75, 3.05) is 18.4 Å². The summed E-state index contributed by atoms with van der Waals surface area (Å²) in [5, 5.41) is 3.74. The van der Waals surface area contributed by atoms with Crippen molar-refractivity contribution < 1.29 is 22.3 Å². The highest BCUT2D eigenvalue weighted by atomic mass is 32.2. The number of halogens is 1. The summed E-state index contributed by atoms with van der Waals surface area (Å²) in [5.74, 6) is 0.190. The van der Waals surface area contributed by atoms with E-state index in [1.807, 2.05) is 27.7 Å². The van der Waals surface area contributed by atoms with Crippen molar-refractivity contribution in [2.24, 2.45) is 0 Å². The molecule has 0 spiro atoms. The number of nitrogens with zero attached hydrogens (tertiary/aromatic N) is 5. The van der Waals surface area contributed by atoms with Crippen molar-refractivity contribution in [3.8, 4) is 11.4 Å². The van der Waals surface area contributed by atoms with Crippen molar-refractivity contribution in [1.29, 1.82) is 0 Å². The van der Waals surface area contributed by atoms with E-state index in [4.69, 9.17) is 9.72 Å². The predicted molar refractivity (Wildman–Crippen MR) is 154 cm³/mol. The van der Waals surface area contributed by atoms with Gasteiger partial charge >= 0.3 is 6.09 Å². The molecule has 1 aliphatic rings. The first-order valence-electron chi connectivity index (χ1n) is 13.5. The molecule has 0 aliphatic carbocycles. The Hall–Kier alpha value is -4.06. The first-order chi connectivity index (χ1) is 19.5. The van der Waals surface area contributed by atoms with Crippen LogP contribution in [0.3, 0.4) is 0 Å². The number of rotatable bonds is 6. The molecule has 10 nitrogen and oxygen atoms in total. The van der Waals surface area contributed by atoms with E-state index in [-0.39, 0.29) is 33.9 Å². The standard InChI is InChI=1S/C29H33FN6O4S/c1-5-19-15-31-26(34-25(19)33-21-10-9-13-35(17-21)28(37)40-29(2,3)4)24-18-36(27-23(24)14-20(30)16-32-27)41(38,39)22-11-7-6-8-12-22/h6-8,11-12,14-16,18,21H,5,9-10,13,17H2,1-4H3,(H,31,33,34)/t21-/m0/s1. The zero-order chi connectivity index (χ0) is 29.4. The van der Waals surface area contributed by atoms with Crippen LogP contribution in [0.2, 0.25) is 0 Å². The minimum Gasteiger partial charge on any atom is -0.444 e. The maximum absolute atomic E-state index is 14.4. The molecule has 1 amide bonds. The number of aromatic nitrogens is 4. The molecule has 1 aromatic carbocycles. The number of ether oxygens (including phenoxy) is 1. The maximum atomic E-state index is 14.4. The number of pyridine rings is 1. The van der Waals surface area contributed by atoms with E-state index >= 15 is 0 Å². The fourth-order valence-electron chi connectivity index (χ4n) is 4.82. The number of piperidine rings is 1. The Kier molecular flexibility index (Phi) is 7.69. The van der Waals surface area contributed by atoms with E-state index in [9.17, 15) is 17.6 Å². The van der Waals surface area contributed by atoms with Crippen LogP contribution in [0.15, 0.2) is 59.9 Å². The Bertz CT molecular complexity index is 1680. The molecule has 1 N–H and O–H groups in total. The van der Waals surface area contributed by atoms with E-state index in [1.165, 1.54) is 24.4 Å². The third-order valence-corrected chi connectivity index (χ3v) is 8.44. The third-order valence-electron chi connectivity index (χ3n) is 6.78. The van der Waals surface area contributed by atoms with Crippen LogP contribution in [0.25, 0.3) is 22.4 Å². The van der Waals surface area contributed by atoms with Crippen molar-refractivity contribution in [1.82, 2.24) is 23.8 Å². The molecule has 1 saturated heterocycles. The molecule has 0 saturated carbocycles. The van der Waals surface area contributed by atoms with Gasteiger partial charge in [0.05, 0.1) is 11.1 Å². The van der Waals surface area contributed by atoms with Crippen LogP contribution in [-0.4, -0.2) is 63.1 Å². The summed E-state index contributed by atoms with van der Waals surface area (Å²) in [6.07, 6.45) is 5.96. The number of anilines is 1. The number of fused-ring (bicyclic) bond motifs is 1. The van der Waals surface area contributed by atoms with Gasteiger partial charge in [-0.1, -0.05) is 25.1 Å². The quantitative estimate of drug-likeness (QED) is 0.329. The van der Waals surface area contributed by atoms with Gasteiger partial charge in [-0.3, -0.25) is 0 Å². The molecule has 0 radical (unpaired) electrons. The average molecular weight is 581 g/mol. The number of carbonyl (C=O) groups is 1. The molecule has 4 heterocycles.